The van der Waals surface area contributed by atoms with Gasteiger partial charge in [0, 0.05) is 0 Å². The van der Waals surface area contributed by atoms with Gasteiger partial charge in [-0.05, 0) is 6.42 Å². The quantitative estimate of drug-likeness (QED) is 0.548. The maximum atomic E-state index is 11.6. The van der Waals surface area contributed by atoms with E-state index in [1.165, 1.54) is 6.92 Å². The van der Waals surface area contributed by atoms with Gasteiger partial charge >= 0.3 is 6.18 Å². The van der Waals surface area contributed by atoms with Gasteiger partial charge in [0.1, 0.15) is 0 Å². The second-order valence-corrected chi connectivity index (χ2v) is 1.75. The summed E-state index contributed by atoms with van der Waals surface area (Å²) in [4.78, 5) is 0. The van der Waals surface area contributed by atoms with Gasteiger partial charge in [-0.3, -0.25) is 0 Å². The Morgan fingerprint density at radius 2 is 2.00 bits per heavy atom. The van der Waals surface area contributed by atoms with Crippen LogP contribution in [0.1, 0.15) is 13.3 Å². The Balaban J connectivity index is 3.94. The highest BCUT2D eigenvalue weighted by molar-refractivity contribution is 4.80. The summed E-state index contributed by atoms with van der Waals surface area (Å²) in [5.74, 6) is -1.45. The topological polar surface area (TPSA) is 0 Å². The van der Waals surface area contributed by atoms with Crippen molar-refractivity contribution in [2.75, 3.05) is 0 Å². The summed E-state index contributed by atoms with van der Waals surface area (Å²) in [7, 11) is 0. The van der Waals surface area contributed by atoms with E-state index in [0.717, 1.165) is 0 Å². The summed E-state index contributed by atoms with van der Waals surface area (Å²) in [5, 5.41) is 0. The van der Waals surface area contributed by atoms with Crippen LogP contribution in [0.25, 0.3) is 0 Å². The summed E-state index contributed by atoms with van der Waals surface area (Å²) in [6, 6.07) is 0. The lowest BCUT2D eigenvalue weighted by Crippen LogP contribution is -2.19. The van der Waals surface area contributed by atoms with E-state index in [4.69, 9.17) is 6.58 Å². The van der Waals surface area contributed by atoms with Crippen LogP contribution in [-0.4, -0.2) is 6.18 Å². The molecule has 0 aromatic heterocycles. The van der Waals surface area contributed by atoms with Crippen molar-refractivity contribution >= 4 is 0 Å². The van der Waals surface area contributed by atoms with Gasteiger partial charge in [-0.15, -0.1) is 0 Å². The van der Waals surface area contributed by atoms with Gasteiger partial charge in [0.05, 0.1) is 5.92 Å². The van der Waals surface area contributed by atoms with Gasteiger partial charge in [-0.1, -0.05) is 19.6 Å². The van der Waals surface area contributed by atoms with Crippen molar-refractivity contribution in [3.05, 3.63) is 12.7 Å². The minimum atomic E-state index is -4.16. The molecule has 9 heavy (non-hydrogen) atoms. The predicted octanol–water partition coefficient (Wildman–Crippen LogP) is 2.56. The first-order chi connectivity index (χ1) is 4.02. The third-order valence-corrected chi connectivity index (χ3v) is 1.09. The zero-order chi connectivity index (χ0) is 7.49. The van der Waals surface area contributed by atoms with E-state index >= 15 is 0 Å². The molecule has 0 aliphatic rings. The lowest BCUT2D eigenvalue weighted by atomic mass is 10.1. The van der Waals surface area contributed by atoms with Gasteiger partial charge in [0.2, 0.25) is 0 Å². The molecule has 0 aromatic carbocycles. The first kappa shape index (κ1) is 8.53. The Morgan fingerprint density at radius 1 is 1.56 bits per heavy atom. The van der Waals surface area contributed by atoms with Crippen molar-refractivity contribution in [1.82, 2.24) is 0 Å². The highest BCUT2D eigenvalue weighted by atomic mass is 19.4. The predicted molar refractivity (Wildman–Crippen MR) is 28.7 cm³/mol. The molecule has 0 aliphatic carbocycles. The molecule has 0 bridgehead atoms. The van der Waals surface area contributed by atoms with Crippen LogP contribution >= 0.6 is 0 Å². The largest absolute Gasteiger partial charge is 0.395 e. The number of halogens is 3. The Labute approximate surface area is 52.4 Å². The molecule has 0 N–H and O–H groups in total. The molecule has 0 saturated heterocycles. The molecule has 1 atom stereocenters. The van der Waals surface area contributed by atoms with Crippen LogP contribution in [0.5, 0.6) is 0 Å². The average molecular weight is 137 g/mol. The number of alkyl halides is 3. The number of hydrogen-bond acceptors (Lipinski definition) is 0. The van der Waals surface area contributed by atoms with Crippen LogP contribution in [0, 0.1) is 12.5 Å². The second-order valence-electron chi connectivity index (χ2n) is 1.75. The first-order valence-corrected chi connectivity index (χ1v) is 2.64. The second kappa shape index (κ2) is 2.90. The van der Waals surface area contributed by atoms with Crippen LogP contribution < -0.4 is 0 Å². The fourth-order valence-corrected chi connectivity index (χ4v) is 0.477. The maximum absolute atomic E-state index is 11.6. The molecule has 0 rings (SSSR count). The van der Waals surface area contributed by atoms with Gasteiger partial charge in [0.15, 0.2) is 0 Å². The molecule has 1 unspecified atom stereocenters. The van der Waals surface area contributed by atoms with Crippen molar-refractivity contribution in [2.45, 2.75) is 19.5 Å². The van der Waals surface area contributed by atoms with E-state index in [-0.39, 0.29) is 6.42 Å². The van der Waals surface area contributed by atoms with E-state index < -0.39 is 12.1 Å². The van der Waals surface area contributed by atoms with Crippen molar-refractivity contribution in [3.8, 4) is 0 Å². The molecule has 0 amide bonds. The van der Waals surface area contributed by atoms with Crippen molar-refractivity contribution < 1.29 is 13.2 Å². The Kier molecular flexibility index (Phi) is 2.74. The minimum absolute atomic E-state index is 0.0139. The molecule has 53 valence electrons. The van der Waals surface area contributed by atoms with E-state index in [2.05, 4.69) is 0 Å². The first-order valence-electron chi connectivity index (χ1n) is 2.64. The third-order valence-electron chi connectivity index (χ3n) is 1.09. The number of hydrogen-bond donors (Lipinski definition) is 0. The van der Waals surface area contributed by atoms with Crippen LogP contribution in [0.15, 0.2) is 6.08 Å². The maximum Gasteiger partial charge on any atom is 0.395 e. The zero-order valence-corrected chi connectivity index (χ0v) is 5.07. The molecule has 0 heterocycles. The summed E-state index contributed by atoms with van der Waals surface area (Å²) >= 11 is 0. The molecule has 0 aromatic rings. The van der Waals surface area contributed by atoms with Crippen molar-refractivity contribution in [2.24, 2.45) is 5.92 Å². The third kappa shape index (κ3) is 2.54. The molecule has 0 nitrogen and oxygen atoms in total. The Morgan fingerprint density at radius 3 is 2.00 bits per heavy atom. The van der Waals surface area contributed by atoms with Crippen molar-refractivity contribution in [3.63, 3.8) is 0 Å². The highest BCUT2D eigenvalue weighted by Crippen LogP contribution is 2.28. The van der Waals surface area contributed by atoms with E-state index in [1.54, 1.807) is 0 Å². The van der Waals surface area contributed by atoms with Crippen LogP contribution in [0.4, 0.5) is 13.2 Å². The summed E-state index contributed by atoms with van der Waals surface area (Å²) in [6.45, 7) is 6.17. The van der Waals surface area contributed by atoms with Gasteiger partial charge in [-0.25, -0.2) is 0 Å². The molecule has 0 fully saturated rings. The molecular formula is C6H8F3. The smallest absolute Gasteiger partial charge is 0.170 e. The molecule has 0 saturated carbocycles. The van der Waals surface area contributed by atoms with Gasteiger partial charge in [-0.2, -0.15) is 13.2 Å². The average Bonchev–Trinajstić information content (AvgIpc) is 1.65. The van der Waals surface area contributed by atoms with Crippen LogP contribution in [0.2, 0.25) is 0 Å². The summed E-state index contributed by atoms with van der Waals surface area (Å²) in [5.41, 5.74) is 0. The van der Waals surface area contributed by atoms with E-state index in [1.807, 2.05) is 0 Å². The molecule has 0 spiro atoms. The van der Waals surface area contributed by atoms with E-state index in [9.17, 15) is 13.2 Å². The SMILES string of the molecule is [CH]=CC(CC)C(F)(F)F. The highest BCUT2D eigenvalue weighted by Gasteiger charge is 2.35. The number of allylic oxidation sites excluding steroid dienone is 1. The molecule has 0 aliphatic heterocycles. The molecule has 1 radical (unpaired) electrons. The normalized spacial score (nSPS) is 15.1. The lowest BCUT2D eigenvalue weighted by molar-refractivity contribution is -0.161. The Hall–Kier alpha value is -0.470. The van der Waals surface area contributed by atoms with E-state index in [0.29, 0.717) is 6.08 Å². The molecular weight excluding hydrogens is 129 g/mol. The minimum Gasteiger partial charge on any atom is -0.170 e. The summed E-state index contributed by atoms with van der Waals surface area (Å²) < 4.78 is 34.8. The Bertz CT molecular complexity index is 93.0. The van der Waals surface area contributed by atoms with Crippen LogP contribution in [-0.2, 0) is 0 Å². The standard InChI is InChI=1S/C6H8F3/c1-3-5(4-2)6(7,8)9/h1,3,5H,4H2,2H3. The van der Waals surface area contributed by atoms with Gasteiger partial charge < -0.3 is 0 Å². The molecule has 3 heteroatoms. The zero-order valence-electron chi connectivity index (χ0n) is 5.07. The fraction of sp³-hybridized carbons (Fsp3) is 0.667. The summed E-state index contributed by atoms with van der Waals surface area (Å²) in [6.07, 6.45) is -3.47. The monoisotopic (exact) mass is 137 g/mol. The lowest BCUT2D eigenvalue weighted by Gasteiger charge is -2.12. The van der Waals surface area contributed by atoms with Crippen molar-refractivity contribution in [1.29, 1.82) is 0 Å². The fourth-order valence-electron chi connectivity index (χ4n) is 0.477. The van der Waals surface area contributed by atoms with Crippen LogP contribution in [0.3, 0.4) is 0 Å². The number of rotatable bonds is 2. The van der Waals surface area contributed by atoms with Gasteiger partial charge in [0.25, 0.3) is 0 Å².